The molecule has 0 fully saturated rings. The van der Waals surface area contributed by atoms with Crippen LogP contribution in [0, 0.1) is 18.3 Å². The van der Waals surface area contributed by atoms with Crippen LogP contribution in [-0.4, -0.2) is 9.97 Å². The Kier molecular flexibility index (Phi) is 3.39. The molecule has 0 bridgehead atoms. The highest BCUT2D eigenvalue weighted by Crippen LogP contribution is 2.31. The highest BCUT2D eigenvalue weighted by Gasteiger charge is 2.11. The second kappa shape index (κ2) is 5.36. The van der Waals surface area contributed by atoms with E-state index in [1.807, 2.05) is 31.2 Å². The zero-order valence-electron chi connectivity index (χ0n) is 11.2. The van der Waals surface area contributed by atoms with Crippen LogP contribution in [-0.2, 0) is 0 Å². The smallest absolute Gasteiger partial charge is 0.240 e. The fraction of sp³-hybridized carbons (Fsp3) is 0.0714. The lowest BCUT2D eigenvalue weighted by Gasteiger charge is -2.09. The second-order valence-electron chi connectivity index (χ2n) is 4.40. The third kappa shape index (κ3) is 2.50. The van der Waals surface area contributed by atoms with E-state index in [0.29, 0.717) is 23.0 Å². The summed E-state index contributed by atoms with van der Waals surface area (Å²) >= 11 is 1.56. The minimum Gasteiger partial charge on any atom is -0.338 e. The Morgan fingerprint density at radius 3 is 2.86 bits per heavy atom. The minimum absolute atomic E-state index is 0.335. The fourth-order valence-corrected chi connectivity index (χ4v) is 2.90. The molecular weight excluding hydrogens is 284 g/mol. The number of aryl methyl sites for hydroxylation is 1. The first-order chi connectivity index (χ1) is 10.2. The van der Waals surface area contributed by atoms with Crippen LogP contribution in [0.25, 0.3) is 10.2 Å². The van der Waals surface area contributed by atoms with E-state index in [9.17, 15) is 0 Å². The fourth-order valence-electron chi connectivity index (χ4n) is 2.02. The third-order valence-corrected chi connectivity index (χ3v) is 3.89. The lowest BCUT2D eigenvalue weighted by atomic mass is 10.2. The average Bonchev–Trinajstić information content (AvgIpc) is 2.88. The molecule has 0 saturated heterocycles. The number of fused-ring (bicyclic) bond motifs is 1. The number of nitriles is 1. The maximum atomic E-state index is 9.16. The van der Waals surface area contributed by atoms with Gasteiger partial charge < -0.3 is 5.32 Å². The first-order valence-electron chi connectivity index (χ1n) is 6.22. The van der Waals surface area contributed by atoms with E-state index >= 15 is 0 Å². The van der Waals surface area contributed by atoms with Crippen LogP contribution in [0.15, 0.2) is 30.3 Å². The van der Waals surface area contributed by atoms with Crippen molar-refractivity contribution in [2.75, 3.05) is 10.7 Å². The van der Waals surface area contributed by atoms with E-state index < -0.39 is 0 Å². The number of thiophene rings is 1. The zero-order valence-corrected chi connectivity index (χ0v) is 12.0. The third-order valence-electron chi connectivity index (χ3n) is 2.95. The van der Waals surface area contributed by atoms with Gasteiger partial charge in [0.2, 0.25) is 5.95 Å². The molecule has 104 valence electrons. The van der Waals surface area contributed by atoms with Crippen LogP contribution in [0.3, 0.4) is 0 Å². The summed E-state index contributed by atoms with van der Waals surface area (Å²) in [7, 11) is 0. The van der Waals surface area contributed by atoms with Crippen molar-refractivity contribution in [3.8, 4) is 6.07 Å². The van der Waals surface area contributed by atoms with Gasteiger partial charge in [0, 0.05) is 4.88 Å². The molecule has 6 nitrogen and oxygen atoms in total. The van der Waals surface area contributed by atoms with E-state index in [2.05, 4.69) is 26.8 Å². The molecule has 0 radical (unpaired) electrons. The van der Waals surface area contributed by atoms with Gasteiger partial charge >= 0.3 is 0 Å². The molecule has 2 heterocycles. The monoisotopic (exact) mass is 296 g/mol. The standard InChI is InChI=1S/C14H12N6S/c1-8-6-10-12(18-14(20-16)19-13(10)21-8)17-11-5-3-2-4-9(11)7-15/h2-6H,16H2,1H3,(H2,17,18,19,20). The van der Waals surface area contributed by atoms with Crippen LogP contribution in [0.2, 0.25) is 0 Å². The molecule has 0 unspecified atom stereocenters. The lowest BCUT2D eigenvalue weighted by Crippen LogP contribution is -2.11. The number of nitrogens with two attached hydrogens (primary N) is 1. The molecule has 0 aliphatic rings. The van der Waals surface area contributed by atoms with Gasteiger partial charge in [-0.25, -0.2) is 10.8 Å². The summed E-state index contributed by atoms with van der Waals surface area (Å²) in [6.07, 6.45) is 0. The Labute approximate surface area is 125 Å². The Hall–Kier alpha value is -2.69. The van der Waals surface area contributed by atoms with Crippen molar-refractivity contribution in [2.45, 2.75) is 6.92 Å². The molecule has 0 aliphatic heterocycles. The first kappa shape index (κ1) is 13.3. The highest BCUT2D eigenvalue weighted by molar-refractivity contribution is 7.18. The zero-order chi connectivity index (χ0) is 14.8. The van der Waals surface area contributed by atoms with E-state index in [4.69, 9.17) is 11.1 Å². The molecule has 3 rings (SSSR count). The number of benzene rings is 1. The Bertz CT molecular complexity index is 848. The molecule has 7 heteroatoms. The van der Waals surface area contributed by atoms with Crippen LogP contribution in [0.1, 0.15) is 10.4 Å². The largest absolute Gasteiger partial charge is 0.338 e. The molecular formula is C14H12N6S. The molecule has 3 aromatic rings. The Morgan fingerprint density at radius 2 is 2.10 bits per heavy atom. The van der Waals surface area contributed by atoms with Gasteiger partial charge in [0.1, 0.15) is 16.7 Å². The van der Waals surface area contributed by atoms with Crippen LogP contribution < -0.4 is 16.6 Å². The summed E-state index contributed by atoms with van der Waals surface area (Å²) < 4.78 is 0. The Balaban J connectivity index is 2.13. The SMILES string of the molecule is Cc1cc2c(Nc3ccccc3C#N)nc(NN)nc2s1. The minimum atomic E-state index is 0.335. The normalized spacial score (nSPS) is 10.3. The number of rotatable bonds is 3. The number of para-hydroxylation sites is 1. The number of aromatic nitrogens is 2. The summed E-state index contributed by atoms with van der Waals surface area (Å²) in [5, 5.41) is 13.3. The van der Waals surface area contributed by atoms with Crippen LogP contribution in [0.4, 0.5) is 17.5 Å². The number of hydrogen-bond acceptors (Lipinski definition) is 7. The van der Waals surface area contributed by atoms with Gasteiger partial charge in [-0.3, -0.25) is 5.43 Å². The molecule has 4 N–H and O–H groups in total. The first-order valence-corrected chi connectivity index (χ1v) is 7.04. The maximum absolute atomic E-state index is 9.16. The van der Waals surface area contributed by atoms with Crippen LogP contribution >= 0.6 is 11.3 Å². The van der Waals surface area contributed by atoms with E-state index in [1.165, 1.54) is 0 Å². The quantitative estimate of drug-likeness (QED) is 0.507. The van der Waals surface area contributed by atoms with Crippen molar-refractivity contribution in [1.29, 1.82) is 5.26 Å². The van der Waals surface area contributed by atoms with Crippen LogP contribution in [0.5, 0.6) is 0 Å². The van der Waals surface area contributed by atoms with Crippen molar-refractivity contribution in [3.05, 3.63) is 40.8 Å². The molecule has 2 aromatic heterocycles. The number of nitrogens with one attached hydrogen (secondary N) is 2. The number of nitrogens with zero attached hydrogens (tertiary/aromatic N) is 3. The van der Waals surface area contributed by atoms with Crippen molar-refractivity contribution in [1.82, 2.24) is 9.97 Å². The molecule has 0 aliphatic carbocycles. The molecule has 21 heavy (non-hydrogen) atoms. The summed E-state index contributed by atoms with van der Waals surface area (Å²) in [5.41, 5.74) is 3.72. The molecule has 0 spiro atoms. The molecule has 1 aromatic carbocycles. The Morgan fingerprint density at radius 1 is 1.29 bits per heavy atom. The number of hydrogen-bond donors (Lipinski definition) is 3. The predicted molar refractivity (Wildman–Crippen MR) is 84.4 cm³/mol. The van der Waals surface area contributed by atoms with E-state index in [-0.39, 0.29) is 0 Å². The summed E-state index contributed by atoms with van der Waals surface area (Å²) in [6.45, 7) is 2.01. The highest BCUT2D eigenvalue weighted by atomic mass is 32.1. The topological polar surface area (TPSA) is 99.7 Å². The average molecular weight is 296 g/mol. The van der Waals surface area contributed by atoms with Gasteiger partial charge in [-0.05, 0) is 25.1 Å². The van der Waals surface area contributed by atoms with E-state index in [1.54, 1.807) is 17.4 Å². The summed E-state index contributed by atoms with van der Waals surface area (Å²) in [4.78, 5) is 10.6. The summed E-state index contributed by atoms with van der Waals surface area (Å²) in [6, 6.07) is 11.4. The predicted octanol–water partition coefficient (Wildman–Crippen LogP) is 2.90. The second-order valence-corrected chi connectivity index (χ2v) is 5.63. The van der Waals surface area contributed by atoms with Gasteiger partial charge in [0.25, 0.3) is 0 Å². The van der Waals surface area contributed by atoms with Crippen molar-refractivity contribution in [3.63, 3.8) is 0 Å². The van der Waals surface area contributed by atoms with Gasteiger partial charge in [-0.1, -0.05) is 12.1 Å². The van der Waals surface area contributed by atoms with Gasteiger partial charge in [0.05, 0.1) is 16.6 Å². The van der Waals surface area contributed by atoms with Gasteiger partial charge in [-0.15, -0.1) is 11.3 Å². The lowest BCUT2D eigenvalue weighted by molar-refractivity contribution is 1.16. The number of hydrazine groups is 1. The van der Waals surface area contributed by atoms with Crippen molar-refractivity contribution in [2.24, 2.45) is 5.84 Å². The van der Waals surface area contributed by atoms with E-state index in [0.717, 1.165) is 15.1 Å². The molecule has 0 saturated carbocycles. The van der Waals surface area contributed by atoms with Crippen molar-refractivity contribution < 1.29 is 0 Å². The maximum Gasteiger partial charge on any atom is 0.240 e. The summed E-state index contributed by atoms with van der Waals surface area (Å²) in [5.74, 6) is 6.38. The van der Waals surface area contributed by atoms with Gasteiger partial charge in [-0.2, -0.15) is 10.2 Å². The molecule has 0 amide bonds. The van der Waals surface area contributed by atoms with Gasteiger partial charge in [0.15, 0.2) is 0 Å². The molecule has 0 atom stereocenters. The van der Waals surface area contributed by atoms with Crippen molar-refractivity contribution >= 4 is 39.0 Å². The number of nitrogen functional groups attached to an aromatic ring is 1. The number of anilines is 3.